The summed E-state index contributed by atoms with van der Waals surface area (Å²) in [5, 5.41) is 0. The number of terminal acetylenes is 1. The number of unbranched alkanes of at least 4 members (excludes halogenated alkanes) is 8. The van der Waals surface area contributed by atoms with E-state index in [-0.39, 0.29) is 12.1 Å². The van der Waals surface area contributed by atoms with Crippen LogP contribution in [0.4, 0.5) is 0 Å². The van der Waals surface area contributed by atoms with Gasteiger partial charge in [-0.05, 0) is 42.9 Å². The number of carbonyl (C=O) groups is 1. The SMILES string of the molecule is C#CC#CC#CC(Br)C(=O)O[C@@H](CC)CCCCCCCCCCC. The summed E-state index contributed by atoms with van der Waals surface area (Å²) in [6.45, 7) is 4.29. The Labute approximate surface area is 163 Å². The molecule has 0 heterocycles. The van der Waals surface area contributed by atoms with Crippen LogP contribution in [0, 0.1) is 36.0 Å². The Morgan fingerprint density at radius 3 is 2.12 bits per heavy atom. The van der Waals surface area contributed by atoms with Gasteiger partial charge in [-0.2, -0.15) is 0 Å². The molecule has 2 nitrogen and oxygen atoms in total. The smallest absolute Gasteiger partial charge is 0.332 e. The van der Waals surface area contributed by atoms with Gasteiger partial charge in [0.05, 0.1) is 0 Å². The van der Waals surface area contributed by atoms with E-state index in [9.17, 15) is 4.79 Å². The Morgan fingerprint density at radius 2 is 1.56 bits per heavy atom. The molecular formula is C22H31BrO2. The minimum Gasteiger partial charge on any atom is -0.461 e. The van der Waals surface area contributed by atoms with Crippen molar-refractivity contribution in [1.82, 2.24) is 0 Å². The summed E-state index contributed by atoms with van der Waals surface area (Å²) in [6, 6.07) is 0. The van der Waals surface area contributed by atoms with Gasteiger partial charge in [-0.1, -0.05) is 87.1 Å². The second-order valence-corrected chi connectivity index (χ2v) is 7.03. The largest absolute Gasteiger partial charge is 0.461 e. The molecule has 0 saturated heterocycles. The lowest BCUT2D eigenvalue weighted by Crippen LogP contribution is -2.23. The van der Waals surface area contributed by atoms with Gasteiger partial charge in [-0.15, -0.1) is 6.42 Å². The topological polar surface area (TPSA) is 26.3 Å². The number of hydrogen-bond donors (Lipinski definition) is 0. The van der Waals surface area contributed by atoms with Gasteiger partial charge in [0, 0.05) is 0 Å². The minimum atomic E-state index is -0.656. The maximum Gasteiger partial charge on any atom is 0.332 e. The molecule has 0 fully saturated rings. The number of halogens is 1. The van der Waals surface area contributed by atoms with Gasteiger partial charge < -0.3 is 4.74 Å². The molecule has 0 saturated carbocycles. The van der Waals surface area contributed by atoms with Crippen LogP contribution in [0.2, 0.25) is 0 Å². The van der Waals surface area contributed by atoms with Crippen LogP contribution in [0.25, 0.3) is 0 Å². The van der Waals surface area contributed by atoms with Crippen LogP contribution < -0.4 is 0 Å². The zero-order valence-corrected chi connectivity index (χ0v) is 17.3. The third-order valence-corrected chi connectivity index (χ3v) is 4.57. The standard InChI is InChI=1S/C22H31BrO2/c1-4-7-9-11-12-13-14-15-16-18-20(6-3)25-22(24)21(23)19-17-10-8-5-2/h2,20-21H,4,6-7,9,11-16,18H2,1,3H3/t20-,21?/m0/s1. The highest BCUT2D eigenvalue weighted by Gasteiger charge is 2.18. The molecular weight excluding hydrogens is 376 g/mol. The van der Waals surface area contributed by atoms with Crippen molar-refractivity contribution in [3.05, 3.63) is 0 Å². The van der Waals surface area contributed by atoms with Crippen LogP contribution in [0.3, 0.4) is 0 Å². The van der Waals surface area contributed by atoms with Crippen LogP contribution in [-0.4, -0.2) is 16.9 Å². The van der Waals surface area contributed by atoms with Crippen molar-refractivity contribution in [2.75, 3.05) is 0 Å². The van der Waals surface area contributed by atoms with E-state index in [1.54, 1.807) is 0 Å². The van der Waals surface area contributed by atoms with Crippen molar-refractivity contribution in [2.45, 2.75) is 95.4 Å². The number of esters is 1. The van der Waals surface area contributed by atoms with Gasteiger partial charge in [0.25, 0.3) is 0 Å². The fourth-order valence-electron chi connectivity index (χ4n) is 2.48. The quantitative estimate of drug-likeness (QED) is 0.171. The second kappa shape index (κ2) is 17.5. The van der Waals surface area contributed by atoms with E-state index in [1.807, 2.05) is 6.92 Å². The number of hydrogen-bond acceptors (Lipinski definition) is 2. The van der Waals surface area contributed by atoms with E-state index < -0.39 is 4.83 Å². The molecule has 1 unspecified atom stereocenters. The number of alkyl halides is 1. The van der Waals surface area contributed by atoms with Crippen molar-refractivity contribution in [3.63, 3.8) is 0 Å². The maximum absolute atomic E-state index is 12.0. The van der Waals surface area contributed by atoms with E-state index in [2.05, 4.69) is 52.5 Å². The second-order valence-electron chi connectivity index (χ2n) is 6.11. The molecule has 25 heavy (non-hydrogen) atoms. The lowest BCUT2D eigenvalue weighted by Gasteiger charge is -2.16. The zero-order valence-electron chi connectivity index (χ0n) is 15.7. The Hall–Kier alpha value is -1.37. The average molecular weight is 407 g/mol. The van der Waals surface area contributed by atoms with Gasteiger partial charge >= 0.3 is 5.97 Å². The Bertz CT molecular complexity index is 510. The Kier molecular flexibility index (Phi) is 16.5. The third kappa shape index (κ3) is 14.7. The minimum absolute atomic E-state index is 0.0318. The first-order valence-electron chi connectivity index (χ1n) is 9.46. The van der Waals surface area contributed by atoms with Crippen LogP contribution in [0.5, 0.6) is 0 Å². The van der Waals surface area contributed by atoms with E-state index in [1.165, 1.54) is 51.4 Å². The third-order valence-electron chi connectivity index (χ3n) is 3.97. The van der Waals surface area contributed by atoms with Crippen LogP contribution in [0.1, 0.15) is 84.5 Å². The van der Waals surface area contributed by atoms with Crippen LogP contribution >= 0.6 is 15.9 Å². The summed E-state index contributed by atoms with van der Waals surface area (Å²) >= 11 is 3.21. The highest BCUT2D eigenvalue weighted by atomic mass is 79.9. The Morgan fingerprint density at radius 1 is 0.960 bits per heavy atom. The van der Waals surface area contributed by atoms with Crippen molar-refractivity contribution < 1.29 is 9.53 Å². The van der Waals surface area contributed by atoms with E-state index in [0.29, 0.717) is 0 Å². The molecule has 3 heteroatoms. The van der Waals surface area contributed by atoms with Crippen molar-refractivity contribution in [3.8, 4) is 36.0 Å². The summed E-state index contributed by atoms with van der Waals surface area (Å²) in [4.78, 5) is 11.3. The molecule has 0 spiro atoms. The fraction of sp³-hybridized carbons (Fsp3) is 0.682. The van der Waals surface area contributed by atoms with E-state index in [4.69, 9.17) is 11.2 Å². The van der Waals surface area contributed by atoms with Crippen LogP contribution in [0.15, 0.2) is 0 Å². The summed E-state index contributed by atoms with van der Waals surface area (Å²) in [5.74, 6) is 11.9. The molecule has 0 aromatic rings. The van der Waals surface area contributed by atoms with Crippen molar-refractivity contribution in [2.24, 2.45) is 0 Å². The molecule has 0 N–H and O–H groups in total. The first-order chi connectivity index (χ1) is 12.2. The van der Waals surface area contributed by atoms with Gasteiger partial charge in [0.2, 0.25) is 0 Å². The predicted octanol–water partition coefficient (Wildman–Crippen LogP) is 5.63. The lowest BCUT2D eigenvalue weighted by molar-refractivity contribution is -0.147. The monoisotopic (exact) mass is 406 g/mol. The molecule has 0 radical (unpaired) electrons. The highest BCUT2D eigenvalue weighted by molar-refractivity contribution is 9.10. The molecule has 0 bridgehead atoms. The lowest BCUT2D eigenvalue weighted by atomic mass is 10.0. The van der Waals surface area contributed by atoms with E-state index in [0.717, 1.165) is 19.3 Å². The van der Waals surface area contributed by atoms with Crippen LogP contribution in [-0.2, 0) is 9.53 Å². The first kappa shape index (κ1) is 23.6. The van der Waals surface area contributed by atoms with Crippen molar-refractivity contribution >= 4 is 21.9 Å². The van der Waals surface area contributed by atoms with Gasteiger partial charge in [0.1, 0.15) is 6.10 Å². The van der Waals surface area contributed by atoms with Gasteiger partial charge in [-0.25, -0.2) is 4.79 Å². The molecule has 138 valence electrons. The molecule has 2 atom stereocenters. The maximum atomic E-state index is 12.0. The zero-order chi connectivity index (χ0) is 18.8. The molecule has 0 rings (SSSR count). The normalized spacial score (nSPS) is 11.9. The number of carbonyl (C=O) groups excluding carboxylic acids is 1. The molecule has 0 aromatic carbocycles. The van der Waals surface area contributed by atoms with Gasteiger partial charge in [0.15, 0.2) is 4.83 Å². The molecule has 0 aliphatic carbocycles. The molecule has 0 aromatic heterocycles. The van der Waals surface area contributed by atoms with E-state index >= 15 is 0 Å². The summed E-state index contributed by atoms with van der Waals surface area (Å²) in [5.41, 5.74) is 0. The Balaban J connectivity index is 3.88. The average Bonchev–Trinajstić information content (AvgIpc) is 2.62. The number of ether oxygens (including phenoxy) is 1. The molecule has 0 aliphatic rings. The fourth-order valence-corrected chi connectivity index (χ4v) is 2.70. The van der Waals surface area contributed by atoms with Gasteiger partial charge in [-0.3, -0.25) is 0 Å². The molecule has 0 amide bonds. The molecule has 0 aliphatic heterocycles. The van der Waals surface area contributed by atoms with Crippen molar-refractivity contribution in [1.29, 1.82) is 0 Å². The summed E-state index contributed by atoms with van der Waals surface area (Å²) in [6.07, 6.45) is 18.4. The predicted molar refractivity (Wildman–Crippen MR) is 109 cm³/mol. The first-order valence-corrected chi connectivity index (χ1v) is 10.4. The number of rotatable bonds is 13. The summed E-state index contributed by atoms with van der Waals surface area (Å²) < 4.78 is 5.51. The summed E-state index contributed by atoms with van der Waals surface area (Å²) in [7, 11) is 0. The highest BCUT2D eigenvalue weighted by Crippen LogP contribution is 2.15.